The lowest BCUT2D eigenvalue weighted by Crippen LogP contribution is -2.36. The summed E-state index contributed by atoms with van der Waals surface area (Å²) in [6, 6.07) is 5.54. The van der Waals surface area contributed by atoms with E-state index in [4.69, 9.17) is 4.74 Å². The maximum atomic E-state index is 11.6. The number of aliphatic hydroxyl groups is 1. The van der Waals surface area contributed by atoms with Crippen LogP contribution in [0.3, 0.4) is 0 Å². The van der Waals surface area contributed by atoms with Gasteiger partial charge in [0, 0.05) is 12.1 Å². The number of amides is 1. The molecule has 100 valence electrons. The zero-order valence-electron chi connectivity index (χ0n) is 11.4. The van der Waals surface area contributed by atoms with Crippen molar-refractivity contribution in [3.63, 3.8) is 0 Å². The van der Waals surface area contributed by atoms with E-state index < -0.39 is 12.2 Å². The molecular weight excluding hydrogens is 230 g/mol. The zero-order valence-corrected chi connectivity index (χ0v) is 11.4. The number of likely N-dealkylation sites (N-methyl/N-ethyl adjacent to an activating group) is 1. The van der Waals surface area contributed by atoms with Gasteiger partial charge in [-0.2, -0.15) is 0 Å². The van der Waals surface area contributed by atoms with Crippen molar-refractivity contribution < 1.29 is 14.6 Å². The number of rotatable bonds is 5. The van der Waals surface area contributed by atoms with Gasteiger partial charge in [-0.15, -0.1) is 0 Å². The second-order valence-corrected chi connectivity index (χ2v) is 4.37. The van der Waals surface area contributed by atoms with E-state index in [2.05, 4.69) is 5.32 Å². The summed E-state index contributed by atoms with van der Waals surface area (Å²) in [4.78, 5) is 11.6. The Morgan fingerprint density at radius 1 is 1.44 bits per heavy atom. The molecule has 0 aliphatic carbocycles. The first-order valence-electron chi connectivity index (χ1n) is 6.18. The monoisotopic (exact) mass is 251 g/mol. The first kappa shape index (κ1) is 14.5. The predicted molar refractivity (Wildman–Crippen MR) is 70.6 cm³/mol. The minimum atomic E-state index is -0.624. The molecule has 1 aromatic rings. The lowest BCUT2D eigenvalue weighted by Gasteiger charge is -2.18. The van der Waals surface area contributed by atoms with Crippen molar-refractivity contribution in [2.75, 3.05) is 6.54 Å². The van der Waals surface area contributed by atoms with Gasteiger partial charge < -0.3 is 15.2 Å². The van der Waals surface area contributed by atoms with Crippen LogP contribution in [0.5, 0.6) is 5.75 Å². The molecule has 0 radical (unpaired) electrons. The summed E-state index contributed by atoms with van der Waals surface area (Å²) in [5.41, 5.74) is 1.75. The van der Waals surface area contributed by atoms with Crippen molar-refractivity contribution >= 4 is 5.91 Å². The van der Waals surface area contributed by atoms with Crippen molar-refractivity contribution in [3.8, 4) is 5.75 Å². The molecule has 0 heterocycles. The zero-order chi connectivity index (χ0) is 13.7. The molecule has 0 bridgehead atoms. The highest BCUT2D eigenvalue weighted by Crippen LogP contribution is 2.27. The molecule has 18 heavy (non-hydrogen) atoms. The van der Waals surface area contributed by atoms with Gasteiger partial charge >= 0.3 is 0 Å². The Balaban J connectivity index is 2.87. The third-order valence-electron chi connectivity index (χ3n) is 2.64. The molecule has 1 rings (SSSR count). The van der Waals surface area contributed by atoms with Gasteiger partial charge in [-0.3, -0.25) is 4.79 Å². The van der Waals surface area contributed by atoms with Crippen molar-refractivity contribution in [2.24, 2.45) is 0 Å². The third kappa shape index (κ3) is 3.74. The molecule has 0 spiro atoms. The largest absolute Gasteiger partial charge is 0.481 e. The van der Waals surface area contributed by atoms with E-state index in [1.807, 2.05) is 26.0 Å². The quantitative estimate of drug-likeness (QED) is 0.841. The lowest BCUT2D eigenvalue weighted by molar-refractivity contribution is -0.127. The molecular formula is C14H21NO3. The Morgan fingerprint density at radius 3 is 2.67 bits per heavy atom. The number of carbonyl (C=O) groups is 1. The fourth-order valence-electron chi connectivity index (χ4n) is 1.66. The van der Waals surface area contributed by atoms with Crippen molar-refractivity contribution in [1.82, 2.24) is 5.32 Å². The van der Waals surface area contributed by atoms with Crippen LogP contribution in [0.4, 0.5) is 0 Å². The Morgan fingerprint density at radius 2 is 2.11 bits per heavy atom. The summed E-state index contributed by atoms with van der Waals surface area (Å²) >= 11 is 0. The predicted octanol–water partition coefficient (Wildman–Crippen LogP) is 1.95. The molecule has 0 saturated carbocycles. The average molecular weight is 251 g/mol. The van der Waals surface area contributed by atoms with Gasteiger partial charge in [-0.1, -0.05) is 11.6 Å². The van der Waals surface area contributed by atoms with Gasteiger partial charge in [-0.05, 0) is 39.8 Å². The molecule has 2 atom stereocenters. The van der Waals surface area contributed by atoms with Crippen LogP contribution in [-0.4, -0.2) is 23.7 Å². The summed E-state index contributed by atoms with van der Waals surface area (Å²) in [7, 11) is 0. The first-order valence-corrected chi connectivity index (χ1v) is 6.18. The van der Waals surface area contributed by atoms with E-state index in [1.165, 1.54) is 0 Å². The van der Waals surface area contributed by atoms with Gasteiger partial charge in [0.05, 0.1) is 6.10 Å². The Bertz CT molecular complexity index is 416. The minimum Gasteiger partial charge on any atom is -0.481 e. The van der Waals surface area contributed by atoms with Gasteiger partial charge in [0.25, 0.3) is 5.91 Å². The smallest absolute Gasteiger partial charge is 0.260 e. The number of hydrogen-bond donors (Lipinski definition) is 2. The number of benzene rings is 1. The van der Waals surface area contributed by atoms with E-state index in [9.17, 15) is 9.90 Å². The standard InChI is InChI=1S/C14H21NO3/c1-5-15-14(17)11(4)18-13-7-6-9(2)8-12(13)10(3)16/h6-8,10-11,16H,5H2,1-4H3,(H,15,17). The van der Waals surface area contributed by atoms with Crippen LogP contribution in [0.15, 0.2) is 18.2 Å². The molecule has 2 N–H and O–H groups in total. The molecule has 0 aliphatic rings. The van der Waals surface area contributed by atoms with E-state index in [-0.39, 0.29) is 5.91 Å². The summed E-state index contributed by atoms with van der Waals surface area (Å²) < 4.78 is 5.60. The van der Waals surface area contributed by atoms with Gasteiger partial charge in [-0.25, -0.2) is 0 Å². The number of ether oxygens (including phenoxy) is 1. The highest BCUT2D eigenvalue weighted by atomic mass is 16.5. The second kappa shape index (κ2) is 6.40. The molecule has 1 amide bonds. The van der Waals surface area contributed by atoms with Crippen LogP contribution in [0.25, 0.3) is 0 Å². The molecule has 0 aliphatic heterocycles. The van der Waals surface area contributed by atoms with E-state index in [0.717, 1.165) is 5.56 Å². The second-order valence-electron chi connectivity index (χ2n) is 4.37. The van der Waals surface area contributed by atoms with Crippen molar-refractivity contribution in [3.05, 3.63) is 29.3 Å². The summed E-state index contributed by atoms with van der Waals surface area (Å²) in [5, 5.41) is 12.4. The molecule has 0 aromatic heterocycles. The average Bonchev–Trinajstić information content (AvgIpc) is 2.31. The topological polar surface area (TPSA) is 58.6 Å². The number of carbonyl (C=O) groups excluding carboxylic acids is 1. The van der Waals surface area contributed by atoms with Gasteiger partial charge in [0.1, 0.15) is 5.75 Å². The van der Waals surface area contributed by atoms with Crippen molar-refractivity contribution in [1.29, 1.82) is 0 Å². The summed E-state index contributed by atoms with van der Waals surface area (Å²) in [6.45, 7) is 7.75. The van der Waals surface area contributed by atoms with Crippen LogP contribution in [-0.2, 0) is 4.79 Å². The maximum absolute atomic E-state index is 11.6. The van der Waals surface area contributed by atoms with Gasteiger partial charge in [0.2, 0.25) is 0 Å². The molecule has 0 saturated heterocycles. The minimum absolute atomic E-state index is 0.158. The van der Waals surface area contributed by atoms with Crippen LogP contribution in [0.2, 0.25) is 0 Å². The van der Waals surface area contributed by atoms with E-state index in [0.29, 0.717) is 17.9 Å². The molecule has 0 fully saturated rings. The first-order chi connectivity index (χ1) is 8.45. The number of aryl methyl sites for hydroxylation is 1. The number of nitrogens with one attached hydrogen (secondary N) is 1. The molecule has 2 unspecified atom stereocenters. The number of aliphatic hydroxyl groups excluding tert-OH is 1. The molecule has 4 nitrogen and oxygen atoms in total. The highest BCUT2D eigenvalue weighted by Gasteiger charge is 2.17. The van der Waals surface area contributed by atoms with Crippen LogP contribution < -0.4 is 10.1 Å². The Kier molecular flexibility index (Phi) is 5.16. The van der Waals surface area contributed by atoms with Crippen molar-refractivity contribution in [2.45, 2.75) is 39.9 Å². The fraction of sp³-hybridized carbons (Fsp3) is 0.500. The van der Waals surface area contributed by atoms with Crippen LogP contribution in [0.1, 0.15) is 38.0 Å². The van der Waals surface area contributed by atoms with E-state index >= 15 is 0 Å². The summed E-state index contributed by atoms with van der Waals surface area (Å²) in [6.07, 6.45) is -1.20. The molecule has 1 aromatic carbocycles. The lowest BCUT2D eigenvalue weighted by atomic mass is 10.1. The molecule has 4 heteroatoms. The summed E-state index contributed by atoms with van der Waals surface area (Å²) in [5.74, 6) is 0.393. The maximum Gasteiger partial charge on any atom is 0.260 e. The highest BCUT2D eigenvalue weighted by molar-refractivity contribution is 5.80. The Hall–Kier alpha value is -1.55. The third-order valence-corrected chi connectivity index (χ3v) is 2.64. The normalized spacial score (nSPS) is 13.8. The Labute approximate surface area is 108 Å². The van der Waals surface area contributed by atoms with Crippen LogP contribution in [0, 0.1) is 6.92 Å². The van der Waals surface area contributed by atoms with Gasteiger partial charge in [0.15, 0.2) is 6.10 Å². The SMILES string of the molecule is CCNC(=O)C(C)Oc1ccc(C)cc1C(C)O. The fourth-order valence-corrected chi connectivity index (χ4v) is 1.66. The van der Waals surface area contributed by atoms with Crippen LogP contribution >= 0.6 is 0 Å². The van der Waals surface area contributed by atoms with E-state index in [1.54, 1.807) is 19.9 Å². The number of hydrogen-bond acceptors (Lipinski definition) is 3.